The molecule has 3 N–H and O–H groups in total. The van der Waals surface area contributed by atoms with Crippen molar-refractivity contribution < 1.29 is 40.9 Å². The topological polar surface area (TPSA) is 129 Å². The Kier molecular flexibility index (Phi) is 8.83. The molecule has 2 aromatic rings. The zero-order chi connectivity index (χ0) is 29.9. The second-order valence-corrected chi connectivity index (χ2v) is 10.3. The Bertz CT molecular complexity index is 1260. The van der Waals surface area contributed by atoms with Gasteiger partial charge in [-0.05, 0) is 49.3 Å². The Labute approximate surface area is 232 Å². The zero-order valence-electron chi connectivity index (χ0n) is 22.4. The summed E-state index contributed by atoms with van der Waals surface area (Å²) in [5.74, 6) is -4.84. The van der Waals surface area contributed by atoms with Crippen LogP contribution >= 0.6 is 0 Å². The van der Waals surface area contributed by atoms with E-state index < -0.39 is 73.4 Å². The maximum absolute atomic E-state index is 13.9. The van der Waals surface area contributed by atoms with Crippen LogP contribution in [0.2, 0.25) is 0 Å². The first-order chi connectivity index (χ1) is 19.3. The number of pyridine rings is 1. The highest BCUT2D eigenvalue weighted by Gasteiger charge is 2.48. The van der Waals surface area contributed by atoms with Gasteiger partial charge in [-0.25, -0.2) is 18.6 Å². The van der Waals surface area contributed by atoms with Gasteiger partial charge < -0.3 is 25.4 Å². The van der Waals surface area contributed by atoms with Gasteiger partial charge in [-0.3, -0.25) is 9.59 Å². The number of halogens is 5. The van der Waals surface area contributed by atoms with E-state index in [0.29, 0.717) is 17.5 Å². The van der Waals surface area contributed by atoms with Gasteiger partial charge >= 0.3 is 12.2 Å². The number of carbonyl (C=O) groups excluding carboxylic acids is 3. The summed E-state index contributed by atoms with van der Waals surface area (Å²) in [6.45, 7) is 2.91. The van der Waals surface area contributed by atoms with E-state index in [1.54, 1.807) is 13.8 Å². The number of nitrogens with one attached hydrogen (secondary N) is 3. The molecule has 2 aliphatic rings. The van der Waals surface area contributed by atoms with Crippen LogP contribution in [0, 0.1) is 5.92 Å². The average Bonchev–Trinajstić information content (AvgIpc) is 3.55. The quantitative estimate of drug-likeness (QED) is 0.369. The van der Waals surface area contributed by atoms with Crippen molar-refractivity contribution in [1.82, 2.24) is 25.7 Å². The van der Waals surface area contributed by atoms with Gasteiger partial charge in [-0.15, -0.1) is 0 Å². The number of alkyl halides is 5. The van der Waals surface area contributed by atoms with Crippen LogP contribution in [0.15, 0.2) is 29.1 Å². The van der Waals surface area contributed by atoms with Gasteiger partial charge in [0.2, 0.25) is 11.8 Å². The fourth-order valence-corrected chi connectivity index (χ4v) is 5.27. The van der Waals surface area contributed by atoms with Crippen LogP contribution in [0.25, 0.3) is 0 Å². The molecular weight excluding hydrogens is 555 g/mol. The molecule has 1 saturated carbocycles. The zero-order valence-corrected chi connectivity index (χ0v) is 22.4. The van der Waals surface area contributed by atoms with E-state index in [-0.39, 0.29) is 30.8 Å². The van der Waals surface area contributed by atoms with Crippen molar-refractivity contribution in [2.75, 3.05) is 11.9 Å². The molecule has 224 valence electrons. The first kappa shape index (κ1) is 30.2. The Morgan fingerprint density at radius 1 is 1.24 bits per heavy atom. The first-order valence-corrected chi connectivity index (χ1v) is 13.4. The van der Waals surface area contributed by atoms with E-state index in [4.69, 9.17) is 4.52 Å². The standard InChI is InChI=1S/C26H31F5N6O4/c1-3-14-13-41-36-21(14)23(39)35-20(15-5-8-25(27,28)9-6-15)22(38)34-19-11-16(7-10-32-19)17(4-2)37-12-18(26(29,30)31)33-24(37)40/h7,10-11,13,15,17-18,20H,3-6,8-9,12H2,1-2H3,(H,33,40)(H,35,39)(H,32,34,38)/t17-,18+,20+/m1/s1. The fraction of sp³-hybridized carbons (Fsp3) is 0.577. The fourth-order valence-electron chi connectivity index (χ4n) is 5.27. The van der Waals surface area contributed by atoms with Crippen molar-refractivity contribution in [2.45, 2.75) is 82.6 Å². The Hall–Kier alpha value is -3.78. The lowest BCUT2D eigenvalue weighted by Crippen LogP contribution is -2.50. The molecule has 4 amide bonds. The van der Waals surface area contributed by atoms with Crippen molar-refractivity contribution in [2.24, 2.45) is 5.92 Å². The molecule has 0 spiro atoms. The molecule has 2 fully saturated rings. The molecular formula is C26H31F5N6O4. The molecule has 0 radical (unpaired) electrons. The number of anilines is 1. The number of carbonyl (C=O) groups is 3. The summed E-state index contributed by atoms with van der Waals surface area (Å²) >= 11 is 0. The lowest BCUT2D eigenvalue weighted by Gasteiger charge is -2.33. The normalized spacial score (nSPS) is 20.8. The highest BCUT2D eigenvalue weighted by Crippen LogP contribution is 2.38. The largest absolute Gasteiger partial charge is 0.410 e. The molecule has 15 heteroatoms. The predicted molar refractivity (Wildman–Crippen MR) is 135 cm³/mol. The van der Waals surface area contributed by atoms with Crippen LogP contribution in [-0.2, 0) is 11.2 Å². The summed E-state index contributed by atoms with van der Waals surface area (Å²) < 4.78 is 72.2. The third kappa shape index (κ3) is 6.93. The minimum atomic E-state index is -4.60. The highest BCUT2D eigenvalue weighted by atomic mass is 19.4. The Balaban J connectivity index is 1.53. The van der Waals surface area contributed by atoms with E-state index in [0.717, 1.165) is 4.90 Å². The van der Waals surface area contributed by atoms with Gasteiger partial charge in [-0.2, -0.15) is 13.2 Å². The average molecular weight is 587 g/mol. The predicted octanol–water partition coefficient (Wildman–Crippen LogP) is 4.60. The summed E-state index contributed by atoms with van der Waals surface area (Å²) in [4.78, 5) is 44.0. The monoisotopic (exact) mass is 586 g/mol. The highest BCUT2D eigenvalue weighted by molar-refractivity contribution is 6.00. The van der Waals surface area contributed by atoms with Crippen LogP contribution in [-0.4, -0.2) is 63.6 Å². The molecule has 0 aromatic carbocycles. The van der Waals surface area contributed by atoms with Crippen molar-refractivity contribution in [3.8, 4) is 0 Å². The first-order valence-electron chi connectivity index (χ1n) is 13.4. The number of nitrogens with zero attached hydrogens (tertiary/aromatic N) is 3. The molecule has 3 atom stereocenters. The van der Waals surface area contributed by atoms with E-state index >= 15 is 0 Å². The van der Waals surface area contributed by atoms with E-state index in [2.05, 4.69) is 20.8 Å². The molecule has 0 bridgehead atoms. The van der Waals surface area contributed by atoms with Crippen LogP contribution in [0.4, 0.5) is 32.6 Å². The number of urea groups is 1. The van der Waals surface area contributed by atoms with Crippen molar-refractivity contribution in [3.05, 3.63) is 41.4 Å². The van der Waals surface area contributed by atoms with Gasteiger partial charge in [0, 0.05) is 24.6 Å². The van der Waals surface area contributed by atoms with Gasteiger partial charge in [-0.1, -0.05) is 19.0 Å². The molecule has 41 heavy (non-hydrogen) atoms. The van der Waals surface area contributed by atoms with Crippen molar-refractivity contribution in [3.63, 3.8) is 0 Å². The van der Waals surface area contributed by atoms with E-state index in [1.165, 1.54) is 24.6 Å². The Morgan fingerprint density at radius 3 is 2.56 bits per heavy atom. The summed E-state index contributed by atoms with van der Waals surface area (Å²) in [6, 6.07) is -1.85. The van der Waals surface area contributed by atoms with Crippen LogP contribution in [0.1, 0.15) is 73.6 Å². The summed E-state index contributed by atoms with van der Waals surface area (Å²) in [5.41, 5.74) is 0.928. The minimum absolute atomic E-state index is 0.0133. The Morgan fingerprint density at radius 2 is 1.95 bits per heavy atom. The van der Waals surface area contributed by atoms with Gasteiger partial charge in [0.1, 0.15) is 24.2 Å². The number of aryl methyl sites for hydroxylation is 1. The summed E-state index contributed by atoms with van der Waals surface area (Å²) in [5, 5.41) is 10.9. The number of hydrogen-bond acceptors (Lipinski definition) is 6. The number of aromatic nitrogens is 2. The minimum Gasteiger partial charge on any atom is -0.364 e. The van der Waals surface area contributed by atoms with Gasteiger partial charge in [0.05, 0.1) is 12.6 Å². The van der Waals surface area contributed by atoms with Crippen LogP contribution in [0.3, 0.4) is 0 Å². The van der Waals surface area contributed by atoms with Crippen molar-refractivity contribution in [1.29, 1.82) is 0 Å². The lowest BCUT2D eigenvalue weighted by atomic mass is 9.81. The smallest absolute Gasteiger partial charge is 0.364 e. The molecule has 1 aliphatic heterocycles. The number of rotatable bonds is 9. The molecule has 1 saturated heterocycles. The molecule has 4 rings (SSSR count). The molecule has 0 unspecified atom stereocenters. The summed E-state index contributed by atoms with van der Waals surface area (Å²) in [6.07, 6.45) is -2.15. The van der Waals surface area contributed by atoms with Crippen molar-refractivity contribution >= 4 is 23.7 Å². The lowest BCUT2D eigenvalue weighted by molar-refractivity contribution is -0.150. The molecule has 1 aliphatic carbocycles. The van der Waals surface area contributed by atoms with Gasteiger partial charge in [0.25, 0.3) is 5.91 Å². The van der Waals surface area contributed by atoms with E-state index in [1.807, 2.05) is 5.32 Å². The molecule has 10 nitrogen and oxygen atoms in total. The third-order valence-corrected chi connectivity index (χ3v) is 7.56. The summed E-state index contributed by atoms with van der Waals surface area (Å²) in [7, 11) is 0. The van der Waals surface area contributed by atoms with E-state index in [9.17, 15) is 36.3 Å². The molecule has 3 heterocycles. The van der Waals surface area contributed by atoms with Gasteiger partial charge in [0.15, 0.2) is 5.69 Å². The molecule has 2 aromatic heterocycles. The SMILES string of the molecule is CCc1conc1C(=O)N[C@H](C(=O)Nc1cc([C@@H](CC)N2C[C@@H](C(F)(F)F)NC2=O)ccn1)C1CCC(F)(F)CC1. The number of hydrogen-bond donors (Lipinski definition) is 3. The third-order valence-electron chi connectivity index (χ3n) is 7.56. The second kappa shape index (κ2) is 12.0. The maximum Gasteiger partial charge on any atom is 0.410 e. The van der Waals surface area contributed by atoms with Crippen LogP contribution in [0.5, 0.6) is 0 Å². The second-order valence-electron chi connectivity index (χ2n) is 10.3. The maximum atomic E-state index is 13.9. The van der Waals surface area contributed by atoms with Crippen LogP contribution < -0.4 is 16.0 Å². The number of amides is 4.